The molecule has 0 rings (SSSR count). The average Bonchev–Trinajstić information content (AvgIpc) is 2.69. The molecule has 0 saturated carbocycles. The number of aliphatic hydroxyl groups excluding tert-OH is 4. The molecular weight excluding hydrogens is 352 g/mol. The van der Waals surface area contributed by atoms with Crippen LogP contribution >= 0.6 is 0 Å². The molecule has 4 nitrogen and oxygen atoms in total. The zero-order valence-corrected chi connectivity index (χ0v) is 18.8. The van der Waals surface area contributed by atoms with Gasteiger partial charge in [0.25, 0.3) is 0 Å². The van der Waals surface area contributed by atoms with Crippen molar-refractivity contribution in [1.82, 2.24) is 0 Å². The van der Waals surface area contributed by atoms with Gasteiger partial charge in [0.2, 0.25) is 0 Å². The van der Waals surface area contributed by atoms with Crippen LogP contribution in [0.5, 0.6) is 0 Å². The number of unbranched alkanes of at least 4 members (excludes halogenated alkanes) is 10. The normalized spacial score (nSPS) is 16.1. The van der Waals surface area contributed by atoms with E-state index >= 15 is 0 Å². The van der Waals surface area contributed by atoms with E-state index < -0.39 is 12.2 Å². The van der Waals surface area contributed by atoms with Crippen molar-refractivity contribution < 1.29 is 20.4 Å². The number of rotatable bonds is 21. The lowest BCUT2D eigenvalue weighted by molar-refractivity contribution is -0.00700. The van der Waals surface area contributed by atoms with Crippen molar-refractivity contribution in [1.29, 1.82) is 0 Å². The molecule has 0 fully saturated rings. The molecule has 4 unspecified atom stereocenters. The smallest absolute Gasteiger partial charge is 0.0800 e. The Morgan fingerprint density at radius 2 is 0.714 bits per heavy atom. The fourth-order valence-corrected chi connectivity index (χ4v) is 3.72. The molecule has 0 aromatic carbocycles. The highest BCUT2D eigenvalue weighted by Crippen LogP contribution is 2.17. The van der Waals surface area contributed by atoms with E-state index in [0.717, 1.165) is 25.7 Å². The molecule has 28 heavy (non-hydrogen) atoms. The van der Waals surface area contributed by atoms with Crippen LogP contribution < -0.4 is 0 Å². The topological polar surface area (TPSA) is 80.9 Å². The SMILES string of the molecule is CCCCCCCCC(O)CCC(O)C(O)CCC(O)CCCCCCCC. The third-order valence-electron chi connectivity index (χ3n) is 5.82. The minimum absolute atomic E-state index is 0.383. The third-order valence-corrected chi connectivity index (χ3v) is 5.82. The lowest BCUT2D eigenvalue weighted by Gasteiger charge is -2.20. The first kappa shape index (κ1) is 27.8. The summed E-state index contributed by atoms with van der Waals surface area (Å²) in [5, 5.41) is 40.3. The molecular formula is C24H50O4. The van der Waals surface area contributed by atoms with Crippen molar-refractivity contribution in [2.75, 3.05) is 0 Å². The maximum atomic E-state index is 10.1. The second kappa shape index (κ2) is 20.1. The fourth-order valence-electron chi connectivity index (χ4n) is 3.72. The summed E-state index contributed by atoms with van der Waals surface area (Å²) in [6.45, 7) is 4.42. The molecule has 0 aliphatic rings. The van der Waals surface area contributed by atoms with Gasteiger partial charge in [0.1, 0.15) is 0 Å². The van der Waals surface area contributed by atoms with Crippen LogP contribution in [0.1, 0.15) is 129 Å². The van der Waals surface area contributed by atoms with Gasteiger partial charge in [-0.1, -0.05) is 90.9 Å². The van der Waals surface area contributed by atoms with Crippen LogP contribution in [-0.2, 0) is 0 Å². The van der Waals surface area contributed by atoms with Gasteiger partial charge < -0.3 is 20.4 Å². The predicted molar refractivity (Wildman–Crippen MR) is 118 cm³/mol. The van der Waals surface area contributed by atoms with Gasteiger partial charge in [-0.25, -0.2) is 0 Å². The number of aliphatic hydroxyl groups is 4. The monoisotopic (exact) mass is 402 g/mol. The molecule has 4 N–H and O–H groups in total. The predicted octanol–water partition coefficient (Wildman–Crippen LogP) is 5.49. The molecule has 0 aliphatic carbocycles. The Hall–Kier alpha value is -0.160. The Kier molecular flexibility index (Phi) is 20.0. The van der Waals surface area contributed by atoms with E-state index in [4.69, 9.17) is 0 Å². The highest BCUT2D eigenvalue weighted by Gasteiger charge is 2.19. The first-order chi connectivity index (χ1) is 13.5. The van der Waals surface area contributed by atoms with Crippen LogP contribution in [-0.4, -0.2) is 44.8 Å². The second-order valence-corrected chi connectivity index (χ2v) is 8.71. The lowest BCUT2D eigenvalue weighted by Crippen LogP contribution is -2.28. The van der Waals surface area contributed by atoms with Gasteiger partial charge in [-0.05, 0) is 38.5 Å². The Bertz CT molecular complexity index is 281. The Labute approximate surface area is 174 Å². The van der Waals surface area contributed by atoms with E-state index in [0.29, 0.717) is 25.7 Å². The molecule has 0 aliphatic heterocycles. The highest BCUT2D eigenvalue weighted by atomic mass is 16.3. The molecule has 4 atom stereocenters. The van der Waals surface area contributed by atoms with E-state index in [-0.39, 0.29) is 12.2 Å². The lowest BCUT2D eigenvalue weighted by atomic mass is 9.97. The van der Waals surface area contributed by atoms with E-state index in [2.05, 4.69) is 13.8 Å². The summed E-state index contributed by atoms with van der Waals surface area (Å²) < 4.78 is 0. The largest absolute Gasteiger partial charge is 0.393 e. The van der Waals surface area contributed by atoms with Gasteiger partial charge in [-0.3, -0.25) is 0 Å². The molecule has 0 bridgehead atoms. The molecule has 0 spiro atoms. The van der Waals surface area contributed by atoms with Gasteiger partial charge in [-0.2, -0.15) is 0 Å². The van der Waals surface area contributed by atoms with Crippen LogP contribution in [0.4, 0.5) is 0 Å². The minimum Gasteiger partial charge on any atom is -0.393 e. The highest BCUT2D eigenvalue weighted by molar-refractivity contribution is 4.71. The van der Waals surface area contributed by atoms with E-state index in [1.807, 2.05) is 0 Å². The zero-order chi connectivity index (χ0) is 21.0. The van der Waals surface area contributed by atoms with Crippen molar-refractivity contribution in [2.45, 2.75) is 154 Å². The van der Waals surface area contributed by atoms with Crippen LogP contribution in [0.15, 0.2) is 0 Å². The first-order valence-electron chi connectivity index (χ1n) is 12.2. The first-order valence-corrected chi connectivity index (χ1v) is 12.2. The van der Waals surface area contributed by atoms with E-state index in [1.165, 1.54) is 64.2 Å². The molecule has 0 saturated heterocycles. The summed E-state index contributed by atoms with van der Waals surface area (Å²) >= 11 is 0. The van der Waals surface area contributed by atoms with Gasteiger partial charge in [0.15, 0.2) is 0 Å². The number of hydrogen-bond acceptors (Lipinski definition) is 4. The number of hydrogen-bond donors (Lipinski definition) is 4. The standard InChI is InChI=1S/C24H50O4/c1-3-5-7-9-11-13-15-21(25)17-19-23(27)24(28)20-18-22(26)16-14-12-10-8-6-4-2/h21-28H,3-20H2,1-2H3. The Balaban J connectivity index is 3.64. The van der Waals surface area contributed by atoms with Crippen molar-refractivity contribution >= 4 is 0 Å². The van der Waals surface area contributed by atoms with Gasteiger partial charge in [0.05, 0.1) is 24.4 Å². The van der Waals surface area contributed by atoms with Gasteiger partial charge in [0, 0.05) is 0 Å². The zero-order valence-electron chi connectivity index (χ0n) is 18.8. The summed E-state index contributed by atoms with van der Waals surface area (Å²) in [5.41, 5.74) is 0. The molecule has 0 radical (unpaired) electrons. The molecule has 4 heteroatoms. The average molecular weight is 403 g/mol. The summed E-state index contributed by atoms with van der Waals surface area (Å²) in [6, 6.07) is 0. The fraction of sp³-hybridized carbons (Fsp3) is 1.00. The van der Waals surface area contributed by atoms with E-state index in [1.54, 1.807) is 0 Å². The van der Waals surface area contributed by atoms with Crippen molar-refractivity contribution in [3.8, 4) is 0 Å². The minimum atomic E-state index is -0.805. The molecule has 0 aromatic heterocycles. The molecule has 0 amide bonds. The molecule has 0 aromatic rings. The van der Waals surface area contributed by atoms with Crippen molar-refractivity contribution in [3.63, 3.8) is 0 Å². The quantitative estimate of drug-likeness (QED) is 0.191. The Morgan fingerprint density at radius 3 is 1.07 bits per heavy atom. The van der Waals surface area contributed by atoms with Gasteiger partial charge >= 0.3 is 0 Å². The second-order valence-electron chi connectivity index (χ2n) is 8.71. The molecule has 0 heterocycles. The van der Waals surface area contributed by atoms with Gasteiger partial charge in [-0.15, -0.1) is 0 Å². The summed E-state index contributed by atoms with van der Waals surface area (Å²) in [4.78, 5) is 0. The Morgan fingerprint density at radius 1 is 0.393 bits per heavy atom. The summed E-state index contributed by atoms with van der Waals surface area (Å²) in [7, 11) is 0. The van der Waals surface area contributed by atoms with Crippen LogP contribution in [0.2, 0.25) is 0 Å². The maximum absolute atomic E-state index is 10.1. The van der Waals surface area contributed by atoms with Crippen molar-refractivity contribution in [3.05, 3.63) is 0 Å². The molecule has 170 valence electrons. The van der Waals surface area contributed by atoms with E-state index in [9.17, 15) is 20.4 Å². The maximum Gasteiger partial charge on any atom is 0.0800 e. The van der Waals surface area contributed by atoms with Crippen LogP contribution in [0.3, 0.4) is 0 Å². The van der Waals surface area contributed by atoms with Crippen LogP contribution in [0, 0.1) is 0 Å². The summed E-state index contributed by atoms with van der Waals surface area (Å²) in [6.07, 6.45) is 15.6. The van der Waals surface area contributed by atoms with Crippen molar-refractivity contribution in [2.24, 2.45) is 0 Å². The summed E-state index contributed by atoms with van der Waals surface area (Å²) in [5.74, 6) is 0. The third kappa shape index (κ3) is 17.9. The van der Waals surface area contributed by atoms with Crippen LogP contribution in [0.25, 0.3) is 0 Å².